The second kappa shape index (κ2) is 7.54. The van der Waals surface area contributed by atoms with Crippen LogP contribution in [-0.4, -0.2) is 39.9 Å². The number of anilines is 1. The van der Waals surface area contributed by atoms with Crippen LogP contribution in [0.25, 0.3) is 6.08 Å². The van der Waals surface area contributed by atoms with Crippen molar-refractivity contribution in [2.75, 3.05) is 18.4 Å². The highest BCUT2D eigenvalue weighted by atomic mass is 16.2. The van der Waals surface area contributed by atoms with Gasteiger partial charge < -0.3 is 10.2 Å². The van der Waals surface area contributed by atoms with Gasteiger partial charge in [0.2, 0.25) is 5.91 Å². The lowest BCUT2D eigenvalue weighted by molar-refractivity contribution is -0.126. The van der Waals surface area contributed by atoms with Crippen LogP contribution in [0.4, 0.5) is 5.69 Å². The molecule has 0 spiro atoms. The van der Waals surface area contributed by atoms with Crippen LogP contribution < -0.4 is 5.32 Å². The minimum absolute atomic E-state index is 0.0514. The smallest absolute Gasteiger partial charge is 0.246 e. The minimum Gasteiger partial charge on any atom is -0.381 e. The third kappa shape index (κ3) is 4.39. The molecule has 1 saturated heterocycles. The predicted octanol–water partition coefficient (Wildman–Crippen LogP) is 2.59. The molecule has 5 heteroatoms. The summed E-state index contributed by atoms with van der Waals surface area (Å²) in [4.78, 5) is 22.4. The van der Waals surface area contributed by atoms with E-state index in [4.69, 9.17) is 0 Å². The molecule has 0 radical (unpaired) electrons. The van der Waals surface area contributed by atoms with Crippen molar-refractivity contribution < 1.29 is 4.79 Å². The molecule has 0 bridgehead atoms. The van der Waals surface area contributed by atoms with Gasteiger partial charge in [0.05, 0.1) is 11.4 Å². The number of likely N-dealkylation sites (tertiary alicyclic amines) is 1. The van der Waals surface area contributed by atoms with Crippen LogP contribution >= 0.6 is 0 Å². The van der Waals surface area contributed by atoms with Crippen LogP contribution in [0, 0.1) is 0 Å². The van der Waals surface area contributed by atoms with Crippen molar-refractivity contribution in [2.45, 2.75) is 18.9 Å². The Balaban J connectivity index is 1.48. The summed E-state index contributed by atoms with van der Waals surface area (Å²) < 4.78 is 0. The number of hydrogen-bond donors (Lipinski definition) is 1. The van der Waals surface area contributed by atoms with E-state index in [1.54, 1.807) is 24.5 Å². The van der Waals surface area contributed by atoms with Gasteiger partial charge >= 0.3 is 0 Å². The van der Waals surface area contributed by atoms with Crippen molar-refractivity contribution in [3.63, 3.8) is 0 Å². The Morgan fingerprint density at radius 3 is 2.74 bits per heavy atom. The predicted molar refractivity (Wildman–Crippen MR) is 90.7 cm³/mol. The highest BCUT2D eigenvalue weighted by molar-refractivity contribution is 5.91. The van der Waals surface area contributed by atoms with Gasteiger partial charge in [-0.2, -0.15) is 0 Å². The number of aromatic nitrogens is 2. The number of rotatable bonds is 4. The van der Waals surface area contributed by atoms with E-state index < -0.39 is 0 Å². The maximum absolute atomic E-state index is 12.2. The van der Waals surface area contributed by atoms with Crippen molar-refractivity contribution in [3.8, 4) is 0 Å². The first kappa shape index (κ1) is 15.2. The molecule has 5 nitrogen and oxygen atoms in total. The average molecular weight is 308 g/mol. The molecule has 1 amide bonds. The van der Waals surface area contributed by atoms with Crippen molar-refractivity contribution in [1.29, 1.82) is 0 Å². The monoisotopic (exact) mass is 308 g/mol. The van der Waals surface area contributed by atoms with Crippen LogP contribution in [0.5, 0.6) is 0 Å². The molecular weight excluding hydrogens is 288 g/mol. The van der Waals surface area contributed by atoms with E-state index in [1.807, 2.05) is 41.4 Å². The molecule has 0 atom stereocenters. The Labute approximate surface area is 136 Å². The van der Waals surface area contributed by atoms with E-state index in [0.29, 0.717) is 6.04 Å². The molecule has 3 heterocycles. The second-order valence-electron chi connectivity index (χ2n) is 5.57. The minimum atomic E-state index is 0.0514. The Morgan fingerprint density at radius 2 is 2.04 bits per heavy atom. The lowest BCUT2D eigenvalue weighted by Crippen LogP contribution is -2.41. The third-order valence-electron chi connectivity index (χ3n) is 3.92. The maximum atomic E-state index is 12.2. The van der Waals surface area contributed by atoms with Gasteiger partial charge in [0.1, 0.15) is 0 Å². The summed E-state index contributed by atoms with van der Waals surface area (Å²) in [6, 6.07) is 9.98. The zero-order valence-electron chi connectivity index (χ0n) is 12.9. The summed E-state index contributed by atoms with van der Waals surface area (Å²) in [5.41, 5.74) is 1.83. The molecule has 0 saturated carbocycles. The molecule has 2 aromatic heterocycles. The van der Waals surface area contributed by atoms with E-state index in [9.17, 15) is 4.79 Å². The number of carbonyl (C=O) groups excluding carboxylic acids is 1. The molecule has 2 aromatic rings. The molecule has 1 fully saturated rings. The molecule has 0 unspecified atom stereocenters. The van der Waals surface area contributed by atoms with Crippen LogP contribution in [0.15, 0.2) is 55.0 Å². The second-order valence-corrected chi connectivity index (χ2v) is 5.57. The van der Waals surface area contributed by atoms with Crippen LogP contribution in [0.3, 0.4) is 0 Å². The first-order valence-corrected chi connectivity index (χ1v) is 7.86. The van der Waals surface area contributed by atoms with Gasteiger partial charge in [-0.25, -0.2) is 0 Å². The molecule has 1 aliphatic rings. The van der Waals surface area contributed by atoms with Gasteiger partial charge in [0.15, 0.2) is 0 Å². The standard InChI is InChI=1S/C18H20N4O/c23-18(7-6-15-4-1-2-11-20-15)22-12-8-16(9-13-22)21-17-5-3-10-19-14-17/h1-7,10-11,14,16,21H,8-9,12-13H2/b7-6-. The summed E-state index contributed by atoms with van der Waals surface area (Å²) >= 11 is 0. The van der Waals surface area contributed by atoms with Crippen LogP contribution in [-0.2, 0) is 4.79 Å². The summed E-state index contributed by atoms with van der Waals surface area (Å²) in [6.45, 7) is 1.53. The zero-order valence-corrected chi connectivity index (χ0v) is 12.9. The Morgan fingerprint density at radius 1 is 1.17 bits per heavy atom. The number of nitrogens with zero attached hydrogens (tertiary/aromatic N) is 3. The zero-order chi connectivity index (χ0) is 15.9. The van der Waals surface area contributed by atoms with Gasteiger partial charge in [-0.05, 0) is 43.2 Å². The summed E-state index contributed by atoms with van der Waals surface area (Å²) in [7, 11) is 0. The maximum Gasteiger partial charge on any atom is 0.246 e. The first-order chi connectivity index (χ1) is 11.3. The number of amides is 1. The highest BCUT2D eigenvalue weighted by Gasteiger charge is 2.21. The fourth-order valence-electron chi connectivity index (χ4n) is 2.66. The molecule has 3 rings (SSSR count). The van der Waals surface area contributed by atoms with Crippen molar-refractivity contribution in [2.24, 2.45) is 0 Å². The summed E-state index contributed by atoms with van der Waals surface area (Å²) in [5, 5.41) is 3.47. The Hall–Kier alpha value is -2.69. The van der Waals surface area contributed by atoms with E-state index in [0.717, 1.165) is 37.3 Å². The van der Waals surface area contributed by atoms with Gasteiger partial charge in [-0.3, -0.25) is 14.8 Å². The number of piperidine rings is 1. The number of hydrogen-bond acceptors (Lipinski definition) is 4. The van der Waals surface area contributed by atoms with E-state index in [-0.39, 0.29) is 5.91 Å². The van der Waals surface area contributed by atoms with Crippen LogP contribution in [0.2, 0.25) is 0 Å². The normalized spacial score (nSPS) is 15.7. The van der Waals surface area contributed by atoms with Crippen LogP contribution in [0.1, 0.15) is 18.5 Å². The third-order valence-corrected chi connectivity index (χ3v) is 3.92. The largest absolute Gasteiger partial charge is 0.381 e. The van der Waals surface area contributed by atoms with Crippen molar-refractivity contribution in [1.82, 2.24) is 14.9 Å². The molecule has 0 aromatic carbocycles. The topological polar surface area (TPSA) is 58.1 Å². The Kier molecular flexibility index (Phi) is 4.99. The highest BCUT2D eigenvalue weighted by Crippen LogP contribution is 2.16. The van der Waals surface area contributed by atoms with Gasteiger partial charge in [-0.1, -0.05) is 6.07 Å². The van der Waals surface area contributed by atoms with Crippen molar-refractivity contribution >= 4 is 17.7 Å². The first-order valence-electron chi connectivity index (χ1n) is 7.86. The fourth-order valence-corrected chi connectivity index (χ4v) is 2.66. The van der Waals surface area contributed by atoms with Gasteiger partial charge in [-0.15, -0.1) is 0 Å². The molecule has 1 aliphatic heterocycles. The van der Waals surface area contributed by atoms with E-state index in [1.165, 1.54) is 0 Å². The summed E-state index contributed by atoms with van der Waals surface area (Å²) in [5.74, 6) is 0.0514. The lowest BCUT2D eigenvalue weighted by Gasteiger charge is -2.32. The van der Waals surface area contributed by atoms with Gasteiger partial charge in [0, 0.05) is 43.8 Å². The molecular formula is C18H20N4O. The molecule has 1 N–H and O–H groups in total. The number of pyridine rings is 2. The van der Waals surface area contributed by atoms with E-state index >= 15 is 0 Å². The molecule has 118 valence electrons. The van der Waals surface area contributed by atoms with Crippen molar-refractivity contribution in [3.05, 3.63) is 60.7 Å². The molecule has 0 aliphatic carbocycles. The lowest BCUT2D eigenvalue weighted by atomic mass is 10.0. The molecule has 23 heavy (non-hydrogen) atoms. The van der Waals surface area contributed by atoms with E-state index in [2.05, 4.69) is 15.3 Å². The fraction of sp³-hybridized carbons (Fsp3) is 0.278. The number of nitrogens with one attached hydrogen (secondary N) is 1. The summed E-state index contributed by atoms with van der Waals surface area (Å²) in [6.07, 6.45) is 10.6. The number of carbonyl (C=O) groups is 1. The SMILES string of the molecule is O=C(/C=C\c1ccccn1)N1CCC(Nc2cccnc2)CC1. The average Bonchev–Trinajstić information content (AvgIpc) is 2.62. The van der Waals surface area contributed by atoms with Gasteiger partial charge in [0.25, 0.3) is 0 Å². The quantitative estimate of drug-likeness (QED) is 0.882. The Bertz CT molecular complexity index is 649.